The van der Waals surface area contributed by atoms with Gasteiger partial charge in [-0.15, -0.1) is 11.3 Å². The molecule has 9 rings (SSSR count). The van der Waals surface area contributed by atoms with Gasteiger partial charge in [0.25, 0.3) is 0 Å². The first kappa shape index (κ1) is 24.2. The van der Waals surface area contributed by atoms with E-state index in [1.165, 1.54) is 42.1 Å². The van der Waals surface area contributed by atoms with Crippen LogP contribution in [0.2, 0.25) is 0 Å². The highest BCUT2D eigenvalue weighted by Crippen LogP contribution is 2.44. The zero-order chi connectivity index (χ0) is 28.3. The van der Waals surface area contributed by atoms with Gasteiger partial charge >= 0.3 is 0 Å². The average molecular weight is 568 g/mol. The Morgan fingerprint density at radius 1 is 0.419 bits per heavy atom. The molecule has 2 nitrogen and oxygen atoms in total. The van der Waals surface area contributed by atoms with Crippen molar-refractivity contribution in [3.8, 4) is 11.1 Å². The summed E-state index contributed by atoms with van der Waals surface area (Å²) in [6.07, 6.45) is 0. The number of fused-ring (bicyclic) bond motifs is 8. The maximum Gasteiger partial charge on any atom is 0.135 e. The minimum Gasteiger partial charge on any atom is -0.456 e. The summed E-state index contributed by atoms with van der Waals surface area (Å²) >= 11 is 1.86. The van der Waals surface area contributed by atoms with Crippen molar-refractivity contribution in [3.05, 3.63) is 152 Å². The number of para-hydroxylation sites is 1. The summed E-state index contributed by atoms with van der Waals surface area (Å²) in [6.45, 7) is 0. The van der Waals surface area contributed by atoms with Crippen molar-refractivity contribution >= 4 is 81.3 Å². The summed E-state index contributed by atoms with van der Waals surface area (Å²) in [5, 5.41) is 7.43. The van der Waals surface area contributed by atoms with Gasteiger partial charge in [0.05, 0.1) is 0 Å². The number of furan rings is 1. The van der Waals surface area contributed by atoms with Crippen LogP contribution in [0.1, 0.15) is 0 Å². The predicted octanol–water partition coefficient (Wildman–Crippen LogP) is 12.2. The second-order valence-electron chi connectivity index (χ2n) is 11.0. The molecule has 0 amide bonds. The molecule has 3 heteroatoms. The topological polar surface area (TPSA) is 16.4 Å². The second-order valence-corrected chi connectivity index (χ2v) is 12.1. The molecule has 9 aromatic rings. The number of rotatable bonds is 4. The minimum atomic E-state index is 0.898. The van der Waals surface area contributed by atoms with Crippen molar-refractivity contribution in [2.45, 2.75) is 0 Å². The molecule has 0 bridgehead atoms. The van der Waals surface area contributed by atoms with E-state index in [0.717, 1.165) is 39.0 Å². The molecule has 0 aliphatic rings. The van der Waals surface area contributed by atoms with E-state index >= 15 is 0 Å². The van der Waals surface area contributed by atoms with Crippen molar-refractivity contribution in [2.24, 2.45) is 0 Å². The number of anilines is 3. The van der Waals surface area contributed by atoms with Gasteiger partial charge in [-0.2, -0.15) is 0 Å². The molecule has 0 aliphatic carbocycles. The smallest absolute Gasteiger partial charge is 0.135 e. The summed E-state index contributed by atoms with van der Waals surface area (Å²) in [7, 11) is 0. The molecule has 202 valence electrons. The van der Waals surface area contributed by atoms with E-state index in [0.29, 0.717) is 0 Å². The largest absolute Gasteiger partial charge is 0.456 e. The van der Waals surface area contributed by atoms with E-state index in [2.05, 4.69) is 144 Å². The number of benzene rings is 7. The van der Waals surface area contributed by atoms with Gasteiger partial charge in [0.2, 0.25) is 0 Å². The monoisotopic (exact) mass is 567 g/mol. The number of thiophene rings is 1. The fourth-order valence-corrected chi connectivity index (χ4v) is 7.51. The van der Waals surface area contributed by atoms with Crippen LogP contribution in [0.25, 0.3) is 64.0 Å². The quantitative estimate of drug-likeness (QED) is 0.210. The standard InChI is InChI=1S/C40H25NOS/c1-2-8-26(9-3-1)27-14-17-29(18-15-27)41(30-19-21-37-34(24-30)33-12-6-7-13-36(33)42-37)31-20-23-38-35(25-31)40-32-11-5-4-10-28(32)16-22-39(40)43-38/h1-25H. The van der Waals surface area contributed by atoms with Gasteiger partial charge in [-0.25, -0.2) is 0 Å². The van der Waals surface area contributed by atoms with Crippen molar-refractivity contribution < 1.29 is 4.42 Å². The van der Waals surface area contributed by atoms with Gasteiger partial charge in [-0.3, -0.25) is 0 Å². The Bertz CT molecular complexity index is 2450. The van der Waals surface area contributed by atoms with Crippen molar-refractivity contribution in [1.29, 1.82) is 0 Å². The molecule has 2 heterocycles. The van der Waals surface area contributed by atoms with Gasteiger partial charge < -0.3 is 9.32 Å². The number of nitrogens with zero attached hydrogens (tertiary/aromatic N) is 1. The van der Waals surface area contributed by atoms with Gasteiger partial charge in [0, 0.05) is 48.0 Å². The summed E-state index contributed by atoms with van der Waals surface area (Å²) in [5.41, 5.74) is 7.54. The van der Waals surface area contributed by atoms with Crippen LogP contribution in [0.4, 0.5) is 17.1 Å². The molecular weight excluding hydrogens is 543 g/mol. The Hall–Kier alpha value is -5.38. The van der Waals surface area contributed by atoms with E-state index in [9.17, 15) is 0 Å². The number of hydrogen-bond acceptors (Lipinski definition) is 3. The Labute approximate surface area is 252 Å². The third-order valence-corrected chi connectivity index (χ3v) is 9.59. The summed E-state index contributed by atoms with van der Waals surface area (Å²) in [6, 6.07) is 54.3. The van der Waals surface area contributed by atoms with Crippen LogP contribution in [0.5, 0.6) is 0 Å². The highest BCUT2D eigenvalue weighted by atomic mass is 32.1. The van der Waals surface area contributed by atoms with Crippen LogP contribution in [0.15, 0.2) is 156 Å². The van der Waals surface area contributed by atoms with Crippen molar-refractivity contribution in [1.82, 2.24) is 0 Å². The first-order chi connectivity index (χ1) is 21.3. The molecule has 0 saturated heterocycles. The minimum absolute atomic E-state index is 0.898. The lowest BCUT2D eigenvalue weighted by molar-refractivity contribution is 0.669. The average Bonchev–Trinajstić information content (AvgIpc) is 3.64. The van der Waals surface area contributed by atoms with E-state index in [4.69, 9.17) is 4.42 Å². The summed E-state index contributed by atoms with van der Waals surface area (Å²) < 4.78 is 8.80. The van der Waals surface area contributed by atoms with Gasteiger partial charge in [0.15, 0.2) is 0 Å². The maximum absolute atomic E-state index is 6.18. The fraction of sp³-hybridized carbons (Fsp3) is 0. The van der Waals surface area contributed by atoms with Crippen LogP contribution in [0.3, 0.4) is 0 Å². The fourth-order valence-electron chi connectivity index (χ4n) is 6.41. The zero-order valence-corrected chi connectivity index (χ0v) is 24.0. The van der Waals surface area contributed by atoms with Crippen LogP contribution in [-0.2, 0) is 0 Å². The predicted molar refractivity (Wildman–Crippen MR) is 184 cm³/mol. The Balaban J connectivity index is 1.27. The highest BCUT2D eigenvalue weighted by Gasteiger charge is 2.18. The SMILES string of the molecule is c1ccc(-c2ccc(N(c3ccc4oc5ccccc5c4c3)c3ccc4sc5ccc6ccccc6c5c4c3)cc2)cc1. The highest BCUT2D eigenvalue weighted by molar-refractivity contribution is 7.26. The zero-order valence-electron chi connectivity index (χ0n) is 23.2. The van der Waals surface area contributed by atoms with Crippen molar-refractivity contribution in [3.63, 3.8) is 0 Å². The molecule has 7 aromatic carbocycles. The molecule has 0 fully saturated rings. The summed E-state index contributed by atoms with van der Waals surface area (Å²) in [5.74, 6) is 0. The lowest BCUT2D eigenvalue weighted by Crippen LogP contribution is -2.09. The second kappa shape index (κ2) is 9.59. The first-order valence-corrected chi connectivity index (χ1v) is 15.3. The van der Waals surface area contributed by atoms with Crippen molar-refractivity contribution in [2.75, 3.05) is 4.90 Å². The van der Waals surface area contributed by atoms with E-state index < -0.39 is 0 Å². The van der Waals surface area contributed by atoms with Gasteiger partial charge in [-0.1, -0.05) is 91.0 Å². The third-order valence-electron chi connectivity index (χ3n) is 8.45. The lowest BCUT2D eigenvalue weighted by Gasteiger charge is -2.26. The molecule has 0 aliphatic heterocycles. The molecule has 0 N–H and O–H groups in total. The molecule has 43 heavy (non-hydrogen) atoms. The van der Waals surface area contributed by atoms with E-state index in [1.54, 1.807) is 0 Å². The molecule has 0 radical (unpaired) electrons. The number of hydrogen-bond donors (Lipinski definition) is 0. The Morgan fingerprint density at radius 3 is 1.91 bits per heavy atom. The van der Waals surface area contributed by atoms with E-state index in [-0.39, 0.29) is 0 Å². The maximum atomic E-state index is 6.18. The molecule has 2 aromatic heterocycles. The molecule has 0 atom stereocenters. The molecule has 0 saturated carbocycles. The van der Waals surface area contributed by atoms with Crippen LogP contribution < -0.4 is 4.90 Å². The third kappa shape index (κ3) is 3.93. The molecule has 0 unspecified atom stereocenters. The lowest BCUT2D eigenvalue weighted by atomic mass is 10.0. The van der Waals surface area contributed by atoms with Gasteiger partial charge in [0.1, 0.15) is 11.2 Å². The normalized spacial score (nSPS) is 11.7. The first-order valence-electron chi connectivity index (χ1n) is 14.5. The van der Waals surface area contributed by atoms with E-state index in [1.807, 2.05) is 23.5 Å². The Morgan fingerprint density at radius 2 is 1.05 bits per heavy atom. The van der Waals surface area contributed by atoms with Crippen LogP contribution in [-0.4, -0.2) is 0 Å². The molecular formula is C40H25NOS. The Kier molecular flexibility index (Phi) is 5.40. The van der Waals surface area contributed by atoms with Crippen LogP contribution >= 0.6 is 11.3 Å². The molecule has 0 spiro atoms. The summed E-state index contributed by atoms with van der Waals surface area (Å²) in [4.78, 5) is 2.37. The van der Waals surface area contributed by atoms with Gasteiger partial charge in [-0.05, 0) is 82.6 Å². The van der Waals surface area contributed by atoms with Crippen LogP contribution in [0, 0.1) is 0 Å².